The van der Waals surface area contributed by atoms with Gasteiger partial charge in [-0.3, -0.25) is 0 Å². The van der Waals surface area contributed by atoms with E-state index in [2.05, 4.69) is 21.1 Å². The number of aliphatic hydroxyl groups is 2. The number of quaternary nitrogens is 2. The molecular formula is C15H40N2O2. The number of aliphatic hydroxyl groups excluding tert-OH is 1. The van der Waals surface area contributed by atoms with E-state index in [1.165, 1.54) is 0 Å². The molecule has 2 unspecified atom stereocenters. The summed E-state index contributed by atoms with van der Waals surface area (Å²) in [5.74, 6) is 0. The molecule has 0 aromatic rings. The Kier molecular flexibility index (Phi) is 16.7. The van der Waals surface area contributed by atoms with E-state index in [-0.39, 0.29) is 21.1 Å². The summed E-state index contributed by atoms with van der Waals surface area (Å²) in [4.78, 5) is 1.10. The van der Waals surface area contributed by atoms with Crippen molar-refractivity contribution in [3.8, 4) is 0 Å². The van der Waals surface area contributed by atoms with Gasteiger partial charge in [-0.2, -0.15) is 0 Å². The Bertz CT molecular complexity index is 187. The third kappa shape index (κ3) is 20.3. The molecule has 0 saturated heterocycles. The summed E-state index contributed by atoms with van der Waals surface area (Å²) >= 11 is 0. The molecule has 0 bridgehead atoms. The van der Waals surface area contributed by atoms with Gasteiger partial charge in [0.25, 0.3) is 0 Å². The van der Waals surface area contributed by atoms with Gasteiger partial charge < -0.3 is 34.4 Å². The van der Waals surface area contributed by atoms with Crippen molar-refractivity contribution in [3.05, 3.63) is 14.9 Å². The van der Waals surface area contributed by atoms with Crippen LogP contribution < -0.4 is 4.90 Å². The van der Waals surface area contributed by atoms with Gasteiger partial charge in [0, 0.05) is 6.42 Å². The minimum atomic E-state index is -0.502. The number of likely N-dealkylation sites (N-methyl/N-ethyl adjacent to an activating group) is 1. The lowest BCUT2D eigenvalue weighted by atomic mass is 10.0. The predicted octanol–water partition coefficient (Wildman–Crippen LogP) is 0.613. The molecule has 19 heavy (non-hydrogen) atoms. The van der Waals surface area contributed by atoms with E-state index in [4.69, 9.17) is 5.11 Å². The Morgan fingerprint density at radius 3 is 1.53 bits per heavy atom. The zero-order valence-electron chi connectivity index (χ0n) is 15.0. The molecule has 0 fully saturated rings. The molecule has 0 radical (unpaired) electrons. The normalized spacial score (nSPS) is 15.3. The molecule has 0 rings (SSSR count). The molecule has 0 amide bonds. The van der Waals surface area contributed by atoms with E-state index in [1.807, 2.05) is 34.9 Å². The first kappa shape index (κ1) is 27.2. The van der Waals surface area contributed by atoms with Crippen molar-refractivity contribution in [2.24, 2.45) is 0 Å². The fourth-order valence-electron chi connectivity index (χ4n) is 1.54. The predicted molar refractivity (Wildman–Crippen MR) is 85.8 cm³/mol. The lowest BCUT2D eigenvalue weighted by molar-refractivity contribution is -0.910. The van der Waals surface area contributed by atoms with E-state index in [9.17, 15) is 5.11 Å². The summed E-state index contributed by atoms with van der Waals surface area (Å²) in [5.41, 5.74) is -0.502. The molecule has 4 nitrogen and oxygen atoms in total. The van der Waals surface area contributed by atoms with Crippen LogP contribution in [-0.2, 0) is 0 Å². The van der Waals surface area contributed by atoms with Gasteiger partial charge in [-0.05, 0) is 13.3 Å². The molecule has 0 aliphatic carbocycles. The fraction of sp³-hybridized carbons (Fsp3) is 0.867. The molecule has 0 aromatic heterocycles. The van der Waals surface area contributed by atoms with E-state index < -0.39 is 5.60 Å². The smallest absolute Gasteiger partial charge is 0.188 e. The highest BCUT2D eigenvalue weighted by molar-refractivity contribution is 4.68. The highest BCUT2D eigenvalue weighted by Gasteiger charge is 2.25. The lowest BCUT2D eigenvalue weighted by Crippen LogP contribution is -3.10. The minimum absolute atomic E-state index is 0. The molecule has 0 heterocycles. The van der Waals surface area contributed by atoms with E-state index in [0.717, 1.165) is 28.8 Å². The molecule has 0 spiro atoms. The third-order valence-corrected chi connectivity index (χ3v) is 2.63. The van der Waals surface area contributed by atoms with Crippen LogP contribution in [0, 0.1) is 14.9 Å². The molecular weight excluding hydrogens is 240 g/mol. The van der Waals surface area contributed by atoms with E-state index in [0.29, 0.717) is 0 Å². The molecule has 122 valence electrons. The van der Waals surface area contributed by atoms with Crippen LogP contribution in [0.2, 0.25) is 0 Å². The average molecular weight is 280 g/mol. The Morgan fingerprint density at radius 1 is 1.11 bits per heavy atom. The Hall–Kier alpha value is -0.160. The zero-order valence-corrected chi connectivity index (χ0v) is 15.0. The van der Waals surface area contributed by atoms with Gasteiger partial charge in [0.05, 0.1) is 35.2 Å². The Labute approximate surface area is 122 Å². The van der Waals surface area contributed by atoms with Crippen LogP contribution in [0.15, 0.2) is 0 Å². The number of hydrogen-bond donors (Lipinski definition) is 3. The summed E-state index contributed by atoms with van der Waals surface area (Å²) in [6.07, 6.45) is 1.48. The second-order valence-corrected chi connectivity index (χ2v) is 6.30. The highest BCUT2D eigenvalue weighted by Crippen LogP contribution is 2.11. The number of nitrogens with one attached hydrogen (secondary N) is 1. The van der Waals surface area contributed by atoms with Crippen molar-refractivity contribution >= 4 is 0 Å². The van der Waals surface area contributed by atoms with Crippen LogP contribution in [0.4, 0.5) is 0 Å². The third-order valence-electron chi connectivity index (χ3n) is 2.63. The maximum absolute atomic E-state index is 9.64. The highest BCUT2D eigenvalue weighted by atomic mass is 16.3. The first-order valence-electron chi connectivity index (χ1n) is 6.46. The first-order valence-corrected chi connectivity index (χ1v) is 6.46. The van der Waals surface area contributed by atoms with Crippen molar-refractivity contribution < 1.29 is 19.6 Å². The average Bonchev–Trinajstić information content (AvgIpc) is 2.14. The fourth-order valence-corrected chi connectivity index (χ4v) is 1.54. The van der Waals surface area contributed by atoms with E-state index >= 15 is 0 Å². The second-order valence-electron chi connectivity index (χ2n) is 6.30. The van der Waals surface area contributed by atoms with Crippen molar-refractivity contribution in [1.82, 2.24) is 0 Å². The topological polar surface area (TPSA) is 44.9 Å². The van der Waals surface area contributed by atoms with Crippen molar-refractivity contribution in [3.63, 3.8) is 0 Å². The molecule has 0 aliphatic rings. The summed E-state index contributed by atoms with van der Waals surface area (Å²) in [6.45, 7) is 6.67. The van der Waals surface area contributed by atoms with Gasteiger partial charge >= 0.3 is 0 Å². The lowest BCUT2D eigenvalue weighted by Gasteiger charge is -2.32. The second kappa shape index (κ2) is 11.6. The molecule has 4 heteroatoms. The summed E-state index contributed by atoms with van der Waals surface area (Å²) in [5, 5.41) is 18.5. The number of hydrogen-bond acceptors (Lipinski definition) is 2. The SMILES string of the molecule is CCC(C)(O)C[N+](C)(C)C.CCC(O)[NH+](C)C.[CH3-].[CH3-]. The van der Waals surface area contributed by atoms with Crippen LogP contribution in [-0.4, -0.2) is 68.3 Å². The zero-order chi connectivity index (χ0) is 14.3. The van der Waals surface area contributed by atoms with Crippen LogP contribution in [0.25, 0.3) is 0 Å². The monoisotopic (exact) mass is 280 g/mol. The summed E-state index contributed by atoms with van der Waals surface area (Å²) in [6, 6.07) is 0. The van der Waals surface area contributed by atoms with Crippen LogP contribution in [0.5, 0.6) is 0 Å². The van der Waals surface area contributed by atoms with Gasteiger partial charge in [0.2, 0.25) is 0 Å². The van der Waals surface area contributed by atoms with Crippen LogP contribution in [0.1, 0.15) is 33.6 Å². The first-order chi connectivity index (χ1) is 7.45. The van der Waals surface area contributed by atoms with Crippen molar-refractivity contribution in [2.75, 3.05) is 41.8 Å². The Morgan fingerprint density at radius 2 is 1.47 bits per heavy atom. The molecule has 2 atom stereocenters. The number of nitrogens with zero attached hydrogens (tertiary/aromatic N) is 1. The Balaban J connectivity index is -0.000000112. The van der Waals surface area contributed by atoms with Gasteiger partial charge in [0.15, 0.2) is 6.23 Å². The maximum atomic E-state index is 9.64. The molecule has 0 aliphatic heterocycles. The molecule has 0 saturated carbocycles. The quantitative estimate of drug-likeness (QED) is 0.393. The van der Waals surface area contributed by atoms with Gasteiger partial charge in [-0.25, -0.2) is 0 Å². The summed E-state index contributed by atoms with van der Waals surface area (Å²) < 4.78 is 0.820. The van der Waals surface area contributed by atoms with Gasteiger partial charge in [-0.15, -0.1) is 0 Å². The maximum Gasteiger partial charge on any atom is 0.188 e. The van der Waals surface area contributed by atoms with Gasteiger partial charge in [0.1, 0.15) is 12.1 Å². The molecule has 3 N–H and O–H groups in total. The largest absolute Gasteiger partial charge is 0.384 e. The van der Waals surface area contributed by atoms with Crippen LogP contribution >= 0.6 is 0 Å². The van der Waals surface area contributed by atoms with Gasteiger partial charge in [-0.1, -0.05) is 13.8 Å². The number of rotatable bonds is 5. The van der Waals surface area contributed by atoms with Crippen molar-refractivity contribution in [2.45, 2.75) is 45.4 Å². The van der Waals surface area contributed by atoms with Crippen molar-refractivity contribution in [1.29, 1.82) is 0 Å². The minimum Gasteiger partial charge on any atom is -0.384 e. The standard InChI is InChI=1S/C8H20NO.C5H13NO.2CH3/c1-6-8(2,10)7-9(3,4)5;1-4-5(7)6(2)3;;/h10H,6-7H2,1-5H3;5,7H,4H2,1-3H3;2*1H3/q+1;;2*-1/p+1. The summed E-state index contributed by atoms with van der Waals surface area (Å²) in [7, 11) is 10.1. The van der Waals surface area contributed by atoms with E-state index in [1.54, 1.807) is 0 Å². The van der Waals surface area contributed by atoms with Crippen LogP contribution in [0.3, 0.4) is 0 Å². The molecule has 0 aromatic carbocycles.